The molecule has 54 heavy (non-hydrogen) atoms. The molecule has 0 saturated carbocycles. The molecule has 1 aromatic heterocycles. The Balaban J connectivity index is 1.32. The standard InChI is InChI=1S/C40H35N7O7/c48-34(33-13-7-23-42(33)38(51)52)47(31-18-19-32(47)21-20-31)45-36(41-44(37(45)50)26-28-11-5-2-6-12-28)46(29-14-15-30(46)17-16-29)35(49)40(22-8-24-43(40)39(53)54)25-27-9-3-1-4-10-27/h1-6,9-12,14-21,33H,7-8,13,22-26H2/p+2/t33-,40-/m0/s1. The number of amides is 4. The topological polar surface area (TPSA) is 155 Å². The Morgan fingerprint density at radius 2 is 1.35 bits per heavy atom. The van der Waals surface area contributed by atoms with Crippen LogP contribution in [0.25, 0.3) is 0 Å². The van der Waals surface area contributed by atoms with Crippen molar-refractivity contribution in [2.24, 2.45) is 0 Å². The lowest BCUT2D eigenvalue weighted by molar-refractivity contribution is -0.139. The van der Waals surface area contributed by atoms with Crippen LogP contribution in [0.1, 0.15) is 36.8 Å². The molecule has 4 amide bonds. The first-order valence-corrected chi connectivity index (χ1v) is 18.0. The first-order valence-electron chi connectivity index (χ1n) is 18.0. The molecule has 0 unspecified atom stereocenters. The molecular formula is C40H37N7O7+2. The number of nitrogens with zero attached hydrogens (tertiary/aromatic N) is 7. The van der Waals surface area contributed by atoms with Gasteiger partial charge in [-0.3, -0.25) is 9.80 Å². The van der Waals surface area contributed by atoms with Crippen LogP contribution >= 0.6 is 0 Å². The second kappa shape index (κ2) is 12.1. The molecular weight excluding hydrogens is 690 g/mol. The molecule has 0 spiro atoms. The highest BCUT2D eigenvalue weighted by Gasteiger charge is 2.69. The first-order chi connectivity index (χ1) is 26.1. The van der Waals surface area contributed by atoms with E-state index in [-0.39, 0.29) is 44.8 Å². The van der Waals surface area contributed by atoms with E-state index in [4.69, 9.17) is 5.10 Å². The van der Waals surface area contributed by atoms with Gasteiger partial charge in [-0.05, 0) is 41.5 Å². The van der Waals surface area contributed by atoms with Crippen molar-refractivity contribution < 1.29 is 29.4 Å². The molecule has 2 atom stereocenters. The molecule has 7 heterocycles. The minimum atomic E-state index is -1.59. The van der Waals surface area contributed by atoms with Crippen LogP contribution in [-0.4, -0.2) is 83.1 Å². The van der Waals surface area contributed by atoms with Crippen molar-refractivity contribution in [3.05, 3.63) is 154 Å². The Kier molecular flexibility index (Phi) is 7.48. The van der Waals surface area contributed by atoms with Gasteiger partial charge in [0.05, 0.1) is 6.54 Å². The van der Waals surface area contributed by atoms with Crippen LogP contribution in [0.15, 0.2) is 137 Å². The zero-order chi connectivity index (χ0) is 37.4. The number of fused-ring (bicyclic) bond motifs is 4. The highest BCUT2D eigenvalue weighted by molar-refractivity contribution is 6.05. The van der Waals surface area contributed by atoms with Crippen molar-refractivity contribution in [2.75, 3.05) is 13.1 Å². The molecule has 272 valence electrons. The van der Waals surface area contributed by atoms with Gasteiger partial charge in [-0.2, -0.15) is 4.68 Å². The number of allylic oxidation sites excluding steroid dienone is 8. The number of carbonyl (C=O) groups excluding carboxylic acids is 2. The van der Waals surface area contributed by atoms with Gasteiger partial charge in [0.2, 0.25) is 0 Å². The number of benzene rings is 2. The zero-order valence-electron chi connectivity index (χ0n) is 29.2. The fourth-order valence-corrected chi connectivity index (χ4v) is 9.29. The molecule has 0 aliphatic carbocycles. The molecule has 6 aliphatic rings. The number of aromatic nitrogens is 3. The van der Waals surface area contributed by atoms with Crippen LogP contribution < -0.4 is 14.8 Å². The van der Waals surface area contributed by atoms with Gasteiger partial charge in [-0.15, -0.1) is 4.48 Å². The Bertz CT molecular complexity index is 2360. The third-order valence-corrected chi connectivity index (χ3v) is 11.7. The largest absolute Gasteiger partial charge is 0.465 e. The number of carboxylic acid groups (broad SMARTS) is 2. The minimum Gasteiger partial charge on any atom is -0.465 e. The second-order valence-electron chi connectivity index (χ2n) is 14.4. The lowest BCUT2D eigenvalue weighted by Gasteiger charge is -2.41. The number of likely N-dealkylation sites (tertiary alicyclic amines) is 2. The quantitative estimate of drug-likeness (QED) is 0.322. The summed E-state index contributed by atoms with van der Waals surface area (Å²) >= 11 is 0. The maximum atomic E-state index is 16.1. The summed E-state index contributed by atoms with van der Waals surface area (Å²) in [4.78, 5) is 74.6. The van der Waals surface area contributed by atoms with Crippen LogP contribution in [0.2, 0.25) is 0 Å². The van der Waals surface area contributed by atoms with Gasteiger partial charge in [0.25, 0.3) is 0 Å². The number of carbonyl (C=O) groups is 4. The SMILES string of the molecule is O=C(O)N1CCC[C@H]1C(=O)[N+]1(n2c([N+]3(C(=O)[C@@]4(Cc5ccccc5)CCCN4C(=O)O)C4=CC=C3C=C4)nn(Cc3ccccc3)c2=O)C2=CC=C1C=C2. The molecule has 6 aliphatic heterocycles. The molecule has 14 nitrogen and oxygen atoms in total. The van der Waals surface area contributed by atoms with Crippen molar-refractivity contribution in [2.45, 2.75) is 50.2 Å². The summed E-state index contributed by atoms with van der Waals surface area (Å²) in [6, 6.07) is 17.4. The minimum absolute atomic E-state index is 0.000189. The van der Waals surface area contributed by atoms with Crippen molar-refractivity contribution in [3.63, 3.8) is 0 Å². The highest BCUT2D eigenvalue weighted by Crippen LogP contribution is 2.50. The Morgan fingerprint density at radius 3 is 1.93 bits per heavy atom. The van der Waals surface area contributed by atoms with Gasteiger partial charge >= 0.3 is 35.6 Å². The predicted molar refractivity (Wildman–Crippen MR) is 197 cm³/mol. The lowest BCUT2D eigenvalue weighted by Crippen LogP contribution is -2.69. The van der Waals surface area contributed by atoms with Crippen molar-refractivity contribution >= 4 is 29.9 Å². The average molecular weight is 728 g/mol. The molecule has 2 aromatic carbocycles. The second-order valence-corrected chi connectivity index (χ2v) is 14.4. The predicted octanol–water partition coefficient (Wildman–Crippen LogP) is 4.49. The van der Waals surface area contributed by atoms with E-state index in [0.717, 1.165) is 16.0 Å². The fraction of sp³-hybridized carbons (Fsp3) is 0.250. The maximum Gasteiger partial charge on any atom is 0.408 e. The monoisotopic (exact) mass is 727 g/mol. The maximum absolute atomic E-state index is 16.1. The summed E-state index contributed by atoms with van der Waals surface area (Å²) in [6.45, 7) is 0.283. The van der Waals surface area contributed by atoms with Gasteiger partial charge in [-0.25, -0.2) is 24.0 Å². The van der Waals surface area contributed by atoms with Crippen LogP contribution in [-0.2, 0) is 22.6 Å². The summed E-state index contributed by atoms with van der Waals surface area (Å²) in [6.07, 6.45) is 12.9. The van der Waals surface area contributed by atoms with Crippen LogP contribution in [0, 0.1) is 0 Å². The summed E-state index contributed by atoms with van der Waals surface area (Å²) in [5.41, 5.74) is 0.906. The highest BCUT2D eigenvalue weighted by atomic mass is 16.4. The van der Waals surface area contributed by atoms with E-state index in [1.807, 2.05) is 60.7 Å². The molecule has 14 heteroatoms. The summed E-state index contributed by atoms with van der Waals surface area (Å²) < 4.78 is 0.927. The summed E-state index contributed by atoms with van der Waals surface area (Å²) in [5.74, 6) is -1.19. The van der Waals surface area contributed by atoms with Gasteiger partial charge in [0.15, 0.2) is 34.4 Å². The van der Waals surface area contributed by atoms with Crippen LogP contribution in [0.3, 0.4) is 0 Å². The third-order valence-electron chi connectivity index (χ3n) is 11.7. The average Bonchev–Trinajstić information content (AvgIpc) is 4.06. The van der Waals surface area contributed by atoms with Crippen molar-refractivity contribution in [1.82, 2.24) is 33.3 Å². The third kappa shape index (κ3) is 4.40. The van der Waals surface area contributed by atoms with E-state index < -0.39 is 50.3 Å². The van der Waals surface area contributed by atoms with Gasteiger partial charge in [-0.1, -0.05) is 70.4 Å². The smallest absolute Gasteiger partial charge is 0.408 e. The Hall–Kier alpha value is -6.38. The van der Waals surface area contributed by atoms with E-state index in [1.165, 1.54) is 14.3 Å². The van der Waals surface area contributed by atoms with Crippen LogP contribution in [0.4, 0.5) is 15.5 Å². The van der Waals surface area contributed by atoms with Crippen molar-refractivity contribution in [3.8, 4) is 0 Å². The summed E-state index contributed by atoms with van der Waals surface area (Å²) in [5, 5.41) is 25.8. The van der Waals surface area contributed by atoms with E-state index >= 15 is 14.4 Å². The molecule has 2 N–H and O–H groups in total. The molecule has 2 fully saturated rings. The van der Waals surface area contributed by atoms with Gasteiger partial charge < -0.3 is 10.2 Å². The van der Waals surface area contributed by atoms with E-state index in [0.29, 0.717) is 35.6 Å². The van der Waals surface area contributed by atoms with Crippen molar-refractivity contribution in [1.29, 1.82) is 0 Å². The molecule has 9 rings (SSSR count). The number of hydrogen-bond acceptors (Lipinski definition) is 6. The normalized spacial score (nSPS) is 23.8. The summed E-state index contributed by atoms with van der Waals surface area (Å²) in [7, 11) is 0. The molecule has 2 saturated heterocycles. The Morgan fingerprint density at radius 1 is 0.759 bits per heavy atom. The number of rotatable bonds is 8. The van der Waals surface area contributed by atoms with E-state index in [2.05, 4.69) is 0 Å². The van der Waals surface area contributed by atoms with Gasteiger partial charge in [0, 0.05) is 68.1 Å². The zero-order valence-corrected chi connectivity index (χ0v) is 29.2. The van der Waals surface area contributed by atoms with E-state index in [1.54, 1.807) is 48.6 Å². The molecule has 4 bridgehead atoms. The van der Waals surface area contributed by atoms with Crippen LogP contribution in [0.5, 0.6) is 0 Å². The van der Waals surface area contributed by atoms with E-state index in [9.17, 15) is 19.8 Å². The number of quaternary nitrogens is 2. The molecule has 0 radical (unpaired) electrons. The lowest BCUT2D eigenvalue weighted by atomic mass is 9.85. The Labute approximate surface area is 309 Å². The van der Waals surface area contributed by atoms with Gasteiger partial charge in [0.1, 0.15) is 0 Å². The first kappa shape index (κ1) is 33.5. The molecule has 3 aromatic rings. The fourth-order valence-electron chi connectivity index (χ4n) is 9.29. The number of hydrogen-bond donors (Lipinski definition) is 2.